The van der Waals surface area contributed by atoms with Crippen LogP contribution in [0, 0.1) is 11.6 Å². The van der Waals surface area contributed by atoms with Gasteiger partial charge in [-0.1, -0.05) is 6.07 Å². The fourth-order valence-electron chi connectivity index (χ4n) is 2.12. The number of hydrogen-bond donors (Lipinski definition) is 1. The summed E-state index contributed by atoms with van der Waals surface area (Å²) in [4.78, 5) is 13.2. The van der Waals surface area contributed by atoms with Gasteiger partial charge in [0.25, 0.3) is 0 Å². The van der Waals surface area contributed by atoms with Crippen LogP contribution in [0.5, 0.6) is 0 Å². The van der Waals surface area contributed by atoms with E-state index in [0.29, 0.717) is 6.54 Å². The van der Waals surface area contributed by atoms with E-state index in [9.17, 15) is 13.6 Å². The summed E-state index contributed by atoms with van der Waals surface area (Å²) in [6, 6.07) is 3.03. The van der Waals surface area contributed by atoms with Crippen molar-refractivity contribution in [2.24, 2.45) is 0 Å². The molecule has 1 aliphatic heterocycles. The molecule has 0 saturated carbocycles. The van der Waals surface area contributed by atoms with Crippen molar-refractivity contribution in [1.29, 1.82) is 0 Å². The van der Waals surface area contributed by atoms with Gasteiger partial charge in [0.05, 0.1) is 6.10 Å². The maximum absolute atomic E-state index is 13.5. The van der Waals surface area contributed by atoms with Gasteiger partial charge in [-0.05, 0) is 18.9 Å². The number of nitrogens with one attached hydrogen (secondary N) is 1. The van der Waals surface area contributed by atoms with Crippen molar-refractivity contribution in [3.8, 4) is 0 Å². The molecule has 2 amide bonds. The molecule has 1 saturated heterocycles. The Kier molecular flexibility index (Phi) is 4.89. The van der Waals surface area contributed by atoms with Gasteiger partial charge in [-0.2, -0.15) is 0 Å². The molecule has 20 heavy (non-hydrogen) atoms. The van der Waals surface area contributed by atoms with E-state index in [1.54, 1.807) is 7.05 Å². The highest BCUT2D eigenvalue weighted by molar-refractivity contribution is 5.73. The van der Waals surface area contributed by atoms with Crippen molar-refractivity contribution in [3.63, 3.8) is 0 Å². The summed E-state index contributed by atoms with van der Waals surface area (Å²) in [6.07, 6.45) is 2.02. The van der Waals surface area contributed by atoms with Crippen molar-refractivity contribution >= 4 is 6.03 Å². The van der Waals surface area contributed by atoms with Crippen LogP contribution in [0.15, 0.2) is 18.2 Å². The van der Waals surface area contributed by atoms with Crippen molar-refractivity contribution in [3.05, 3.63) is 35.4 Å². The first-order valence-corrected chi connectivity index (χ1v) is 6.61. The van der Waals surface area contributed by atoms with Crippen LogP contribution in [0.2, 0.25) is 0 Å². The lowest BCUT2D eigenvalue weighted by atomic mass is 10.2. The van der Waals surface area contributed by atoms with Crippen LogP contribution in [0.25, 0.3) is 0 Å². The molecule has 0 radical (unpaired) electrons. The quantitative estimate of drug-likeness (QED) is 0.921. The molecule has 0 bridgehead atoms. The third kappa shape index (κ3) is 3.90. The van der Waals surface area contributed by atoms with Gasteiger partial charge in [0, 0.05) is 38.4 Å². The lowest BCUT2D eigenvalue weighted by molar-refractivity contribution is 0.109. The molecular weight excluding hydrogens is 266 g/mol. The summed E-state index contributed by atoms with van der Waals surface area (Å²) < 4.78 is 31.7. The largest absolute Gasteiger partial charge is 0.376 e. The molecule has 6 heteroatoms. The Hall–Kier alpha value is -1.69. The molecule has 0 aliphatic carbocycles. The molecule has 0 spiro atoms. The third-order valence-electron chi connectivity index (χ3n) is 3.27. The van der Waals surface area contributed by atoms with Gasteiger partial charge in [0.1, 0.15) is 11.6 Å². The Labute approximate surface area is 116 Å². The lowest BCUT2D eigenvalue weighted by Gasteiger charge is -2.19. The smallest absolute Gasteiger partial charge is 0.317 e. The van der Waals surface area contributed by atoms with E-state index in [4.69, 9.17) is 4.74 Å². The highest BCUT2D eigenvalue weighted by Gasteiger charge is 2.18. The highest BCUT2D eigenvalue weighted by Crippen LogP contribution is 2.12. The molecule has 2 rings (SSSR count). The van der Waals surface area contributed by atoms with Crippen LogP contribution >= 0.6 is 0 Å². The Morgan fingerprint density at radius 1 is 1.50 bits per heavy atom. The van der Waals surface area contributed by atoms with Gasteiger partial charge < -0.3 is 15.0 Å². The monoisotopic (exact) mass is 284 g/mol. The molecule has 1 unspecified atom stereocenters. The Bertz CT molecular complexity index is 476. The minimum absolute atomic E-state index is 0.0647. The average Bonchev–Trinajstić information content (AvgIpc) is 2.92. The molecule has 1 aromatic rings. The van der Waals surface area contributed by atoms with Gasteiger partial charge in [0.2, 0.25) is 0 Å². The predicted octanol–water partition coefficient (Wildman–Crippen LogP) is 2.29. The highest BCUT2D eigenvalue weighted by atomic mass is 19.1. The van der Waals surface area contributed by atoms with Crippen LogP contribution in [0.3, 0.4) is 0 Å². The van der Waals surface area contributed by atoms with E-state index in [-0.39, 0.29) is 24.2 Å². The number of ether oxygens (including phenoxy) is 1. The summed E-state index contributed by atoms with van der Waals surface area (Å²) in [7, 11) is 1.56. The number of hydrogen-bond acceptors (Lipinski definition) is 2. The minimum Gasteiger partial charge on any atom is -0.376 e. The van der Waals surface area contributed by atoms with E-state index in [1.165, 1.54) is 17.0 Å². The molecule has 1 aromatic carbocycles. The fraction of sp³-hybridized carbons (Fsp3) is 0.500. The van der Waals surface area contributed by atoms with Gasteiger partial charge in [-0.3, -0.25) is 0 Å². The summed E-state index contributed by atoms with van der Waals surface area (Å²) in [6.45, 7) is 1.27. The van der Waals surface area contributed by atoms with Crippen LogP contribution < -0.4 is 5.32 Å². The van der Waals surface area contributed by atoms with Crippen LogP contribution in [-0.4, -0.2) is 37.2 Å². The van der Waals surface area contributed by atoms with E-state index in [0.717, 1.165) is 25.5 Å². The zero-order valence-electron chi connectivity index (χ0n) is 11.4. The number of halogens is 2. The first kappa shape index (κ1) is 14.7. The molecule has 1 fully saturated rings. The van der Waals surface area contributed by atoms with Crippen molar-refractivity contribution in [2.45, 2.75) is 25.5 Å². The predicted molar refractivity (Wildman–Crippen MR) is 70.2 cm³/mol. The number of carbonyl (C=O) groups is 1. The second-order valence-electron chi connectivity index (χ2n) is 4.91. The topological polar surface area (TPSA) is 41.6 Å². The normalized spacial score (nSPS) is 18.1. The standard InChI is InChI=1S/C14H18F2N2O2/c1-18(9-10-4-5-11(15)7-13(10)16)14(19)17-8-12-3-2-6-20-12/h4-5,7,12H,2-3,6,8-9H2,1H3,(H,17,19). The molecule has 1 atom stereocenters. The molecule has 1 N–H and O–H groups in total. The molecule has 4 nitrogen and oxygen atoms in total. The Morgan fingerprint density at radius 3 is 2.95 bits per heavy atom. The number of rotatable bonds is 4. The molecule has 0 aromatic heterocycles. The van der Waals surface area contributed by atoms with Crippen molar-refractivity contribution in [2.75, 3.05) is 20.2 Å². The number of benzene rings is 1. The summed E-state index contributed by atoms with van der Waals surface area (Å²) >= 11 is 0. The van der Waals surface area contributed by atoms with E-state index >= 15 is 0 Å². The van der Waals surface area contributed by atoms with Gasteiger partial charge in [-0.25, -0.2) is 13.6 Å². The Morgan fingerprint density at radius 2 is 2.30 bits per heavy atom. The number of nitrogens with zero attached hydrogens (tertiary/aromatic N) is 1. The average molecular weight is 284 g/mol. The van der Waals surface area contributed by atoms with Gasteiger partial charge in [0.15, 0.2) is 0 Å². The number of urea groups is 1. The molecule has 1 heterocycles. The third-order valence-corrected chi connectivity index (χ3v) is 3.27. The van der Waals surface area contributed by atoms with Crippen LogP contribution in [-0.2, 0) is 11.3 Å². The van der Waals surface area contributed by atoms with Crippen molar-refractivity contribution in [1.82, 2.24) is 10.2 Å². The first-order valence-electron chi connectivity index (χ1n) is 6.61. The van der Waals surface area contributed by atoms with Crippen LogP contribution in [0.1, 0.15) is 18.4 Å². The SMILES string of the molecule is CN(Cc1ccc(F)cc1F)C(=O)NCC1CCCO1. The summed E-state index contributed by atoms with van der Waals surface area (Å²) in [5.74, 6) is -1.28. The first-order chi connectivity index (χ1) is 9.56. The molecular formula is C14H18F2N2O2. The van der Waals surface area contributed by atoms with Gasteiger partial charge >= 0.3 is 6.03 Å². The van der Waals surface area contributed by atoms with E-state index < -0.39 is 11.6 Å². The second kappa shape index (κ2) is 6.65. The minimum atomic E-state index is -0.649. The number of amides is 2. The molecule has 110 valence electrons. The second-order valence-corrected chi connectivity index (χ2v) is 4.91. The van der Waals surface area contributed by atoms with Crippen molar-refractivity contribution < 1.29 is 18.3 Å². The fourth-order valence-corrected chi connectivity index (χ4v) is 2.12. The van der Waals surface area contributed by atoms with Crippen LogP contribution in [0.4, 0.5) is 13.6 Å². The summed E-state index contributed by atoms with van der Waals surface area (Å²) in [5, 5.41) is 2.74. The molecule has 1 aliphatic rings. The maximum atomic E-state index is 13.5. The maximum Gasteiger partial charge on any atom is 0.317 e. The Balaban J connectivity index is 1.83. The lowest BCUT2D eigenvalue weighted by Crippen LogP contribution is -2.40. The summed E-state index contributed by atoms with van der Waals surface area (Å²) in [5.41, 5.74) is 0.279. The zero-order valence-corrected chi connectivity index (χ0v) is 11.4. The van der Waals surface area contributed by atoms with Gasteiger partial charge in [-0.15, -0.1) is 0 Å². The van der Waals surface area contributed by atoms with E-state index in [1.807, 2.05) is 0 Å². The van der Waals surface area contributed by atoms with E-state index in [2.05, 4.69) is 5.32 Å². The number of carbonyl (C=O) groups excluding carboxylic acids is 1. The zero-order chi connectivity index (χ0) is 14.5.